The molecule has 1 N–H and O–H groups in total. The van der Waals surface area contributed by atoms with Crippen LogP contribution in [0.4, 0.5) is 0 Å². The lowest BCUT2D eigenvalue weighted by atomic mass is 9.87. The zero-order valence-electron chi connectivity index (χ0n) is 11.9. The zero-order valence-corrected chi connectivity index (χ0v) is 11.9. The smallest absolute Gasteiger partial charge is 0.248 e. The van der Waals surface area contributed by atoms with Gasteiger partial charge in [-0.25, -0.2) is 0 Å². The van der Waals surface area contributed by atoms with Gasteiger partial charge in [0.1, 0.15) is 11.6 Å². The molecule has 1 unspecified atom stereocenters. The molecule has 1 saturated carbocycles. The lowest BCUT2D eigenvalue weighted by molar-refractivity contribution is -0.161. The maximum Gasteiger partial charge on any atom is 0.248 e. The van der Waals surface area contributed by atoms with Crippen LogP contribution in [0.3, 0.4) is 0 Å². The largest absolute Gasteiger partial charge is 0.340 e. The molecule has 102 valence electrons. The predicted molar refractivity (Wildman–Crippen MR) is 70.0 cm³/mol. The number of amides is 2. The summed E-state index contributed by atoms with van der Waals surface area (Å²) >= 11 is 0. The normalized spacial score (nSPS) is 30.4. The van der Waals surface area contributed by atoms with E-state index in [0.29, 0.717) is 6.42 Å². The van der Waals surface area contributed by atoms with Gasteiger partial charge in [-0.15, -0.1) is 0 Å². The first-order chi connectivity index (χ1) is 8.32. The summed E-state index contributed by atoms with van der Waals surface area (Å²) in [6.07, 6.45) is 5.01. The van der Waals surface area contributed by atoms with Gasteiger partial charge in [-0.2, -0.15) is 0 Å². The molecule has 2 aliphatic rings. The molecule has 1 atom stereocenters. The minimum Gasteiger partial charge on any atom is -0.340 e. The van der Waals surface area contributed by atoms with E-state index in [2.05, 4.69) is 12.2 Å². The molecule has 1 aliphatic carbocycles. The molecule has 18 heavy (non-hydrogen) atoms. The van der Waals surface area contributed by atoms with Crippen LogP contribution in [0.5, 0.6) is 0 Å². The van der Waals surface area contributed by atoms with Gasteiger partial charge in [0.2, 0.25) is 11.8 Å². The zero-order chi connectivity index (χ0) is 13.6. The van der Waals surface area contributed by atoms with Crippen molar-refractivity contribution in [2.45, 2.75) is 76.9 Å². The molecule has 2 amide bonds. The van der Waals surface area contributed by atoms with Crippen LogP contribution in [-0.2, 0) is 9.59 Å². The number of hydrogen-bond acceptors (Lipinski definition) is 2. The van der Waals surface area contributed by atoms with E-state index >= 15 is 0 Å². The van der Waals surface area contributed by atoms with Gasteiger partial charge in [0.15, 0.2) is 0 Å². The Morgan fingerprint density at radius 2 is 1.78 bits per heavy atom. The molecule has 1 heterocycles. The van der Waals surface area contributed by atoms with E-state index in [4.69, 9.17) is 0 Å². The number of hydrogen-bond donors (Lipinski definition) is 1. The quantitative estimate of drug-likeness (QED) is 0.815. The summed E-state index contributed by atoms with van der Waals surface area (Å²) in [5, 5.41) is 2.85. The van der Waals surface area contributed by atoms with Crippen LogP contribution in [0.25, 0.3) is 0 Å². The van der Waals surface area contributed by atoms with Crippen molar-refractivity contribution in [3.8, 4) is 0 Å². The summed E-state index contributed by atoms with van der Waals surface area (Å²) in [6, 6.07) is -0.298. The average molecular weight is 252 g/mol. The number of carbonyl (C=O) groups excluding carboxylic acids is 2. The summed E-state index contributed by atoms with van der Waals surface area (Å²) in [5.74, 6) is 0.0635. The Hall–Kier alpha value is -1.06. The van der Waals surface area contributed by atoms with Crippen LogP contribution in [0.2, 0.25) is 0 Å². The fourth-order valence-electron chi connectivity index (χ4n) is 3.37. The van der Waals surface area contributed by atoms with Crippen molar-refractivity contribution in [1.82, 2.24) is 10.2 Å². The van der Waals surface area contributed by atoms with Gasteiger partial charge in [0.25, 0.3) is 0 Å². The summed E-state index contributed by atoms with van der Waals surface area (Å²) in [4.78, 5) is 26.7. The van der Waals surface area contributed by atoms with Crippen molar-refractivity contribution in [3.63, 3.8) is 0 Å². The summed E-state index contributed by atoms with van der Waals surface area (Å²) in [6.45, 7) is 7.70. The SMILES string of the molecule is CCC1C(=O)NC(C)(C)C(=O)N1C1(C)CCCC1. The lowest BCUT2D eigenvalue weighted by Gasteiger charge is -2.50. The number of nitrogens with one attached hydrogen (secondary N) is 1. The molecule has 2 fully saturated rings. The predicted octanol–water partition coefficient (Wildman–Crippen LogP) is 1.83. The molecule has 2 rings (SSSR count). The van der Waals surface area contributed by atoms with Crippen molar-refractivity contribution in [2.24, 2.45) is 0 Å². The summed E-state index contributed by atoms with van der Waals surface area (Å²) in [7, 11) is 0. The average Bonchev–Trinajstić information content (AvgIpc) is 2.70. The van der Waals surface area contributed by atoms with Gasteiger partial charge in [0.05, 0.1) is 0 Å². The highest BCUT2D eigenvalue weighted by molar-refractivity contribution is 5.99. The molecule has 0 bridgehead atoms. The van der Waals surface area contributed by atoms with Crippen molar-refractivity contribution < 1.29 is 9.59 Å². The molecule has 0 spiro atoms. The van der Waals surface area contributed by atoms with E-state index in [1.54, 1.807) is 13.8 Å². The van der Waals surface area contributed by atoms with Crippen molar-refractivity contribution in [1.29, 1.82) is 0 Å². The Morgan fingerprint density at radius 1 is 1.22 bits per heavy atom. The third kappa shape index (κ3) is 1.91. The van der Waals surface area contributed by atoms with E-state index in [-0.39, 0.29) is 23.4 Å². The Bertz CT molecular complexity index is 370. The number of carbonyl (C=O) groups is 2. The number of nitrogens with zero attached hydrogens (tertiary/aromatic N) is 1. The van der Waals surface area contributed by atoms with Crippen molar-refractivity contribution in [2.75, 3.05) is 0 Å². The van der Waals surface area contributed by atoms with Crippen molar-refractivity contribution >= 4 is 11.8 Å². The van der Waals surface area contributed by atoms with Gasteiger partial charge >= 0.3 is 0 Å². The Labute approximate surface area is 109 Å². The van der Waals surface area contributed by atoms with Crippen molar-refractivity contribution in [3.05, 3.63) is 0 Å². The first kappa shape index (κ1) is 13.4. The molecule has 0 radical (unpaired) electrons. The van der Waals surface area contributed by atoms with Crippen LogP contribution >= 0.6 is 0 Å². The number of rotatable bonds is 2. The van der Waals surface area contributed by atoms with E-state index in [9.17, 15) is 9.59 Å². The molecule has 1 saturated heterocycles. The molecule has 0 aromatic heterocycles. The summed E-state index contributed by atoms with van der Waals surface area (Å²) < 4.78 is 0. The van der Waals surface area contributed by atoms with E-state index in [0.717, 1.165) is 25.7 Å². The third-order valence-corrected chi connectivity index (χ3v) is 4.45. The topological polar surface area (TPSA) is 49.4 Å². The van der Waals surface area contributed by atoms with Crippen LogP contribution in [0, 0.1) is 0 Å². The standard InChI is InChI=1S/C14H24N2O2/c1-5-10-11(17)15-13(2,3)12(18)16(10)14(4)8-6-7-9-14/h10H,5-9H2,1-4H3,(H,15,17). The highest BCUT2D eigenvalue weighted by atomic mass is 16.2. The minimum atomic E-state index is -0.769. The van der Waals surface area contributed by atoms with Gasteiger partial charge in [-0.3, -0.25) is 9.59 Å². The Balaban J connectivity index is 2.38. The van der Waals surface area contributed by atoms with Gasteiger partial charge in [-0.1, -0.05) is 19.8 Å². The minimum absolute atomic E-state index is 0.00442. The highest BCUT2D eigenvalue weighted by Gasteiger charge is 2.51. The fraction of sp³-hybridized carbons (Fsp3) is 0.857. The van der Waals surface area contributed by atoms with E-state index < -0.39 is 5.54 Å². The molecule has 4 nitrogen and oxygen atoms in total. The molecule has 0 aromatic carbocycles. The maximum atomic E-state index is 12.7. The van der Waals surface area contributed by atoms with Crippen LogP contribution in [0.15, 0.2) is 0 Å². The van der Waals surface area contributed by atoms with Crippen LogP contribution < -0.4 is 5.32 Å². The van der Waals surface area contributed by atoms with Gasteiger partial charge in [0, 0.05) is 5.54 Å². The molecular formula is C14H24N2O2. The lowest BCUT2D eigenvalue weighted by Crippen LogP contribution is -2.72. The first-order valence-electron chi connectivity index (χ1n) is 6.97. The molecule has 1 aliphatic heterocycles. The van der Waals surface area contributed by atoms with Crippen LogP contribution in [-0.4, -0.2) is 33.8 Å². The third-order valence-electron chi connectivity index (χ3n) is 4.45. The number of piperazine rings is 1. The fourth-order valence-corrected chi connectivity index (χ4v) is 3.37. The molecule has 0 aromatic rings. The second kappa shape index (κ2) is 4.25. The Morgan fingerprint density at radius 3 is 2.28 bits per heavy atom. The van der Waals surface area contributed by atoms with Crippen LogP contribution in [0.1, 0.15) is 59.8 Å². The first-order valence-corrected chi connectivity index (χ1v) is 6.97. The second-order valence-corrected chi connectivity index (χ2v) is 6.42. The molecule has 4 heteroatoms. The Kier molecular flexibility index (Phi) is 3.16. The van der Waals surface area contributed by atoms with E-state index in [1.807, 2.05) is 11.8 Å². The second-order valence-electron chi connectivity index (χ2n) is 6.42. The molecular weight excluding hydrogens is 228 g/mol. The van der Waals surface area contributed by atoms with E-state index in [1.165, 1.54) is 0 Å². The highest BCUT2D eigenvalue weighted by Crippen LogP contribution is 2.39. The van der Waals surface area contributed by atoms with Gasteiger partial charge < -0.3 is 10.2 Å². The monoisotopic (exact) mass is 252 g/mol. The maximum absolute atomic E-state index is 12.7. The van der Waals surface area contributed by atoms with Gasteiger partial charge in [-0.05, 0) is 40.0 Å². The summed E-state index contributed by atoms with van der Waals surface area (Å²) in [5.41, 5.74) is -0.902.